The molecule has 3 rings (SSSR count). The minimum atomic E-state index is 0.585. The van der Waals surface area contributed by atoms with Crippen molar-refractivity contribution in [2.75, 3.05) is 30.0 Å². The molecule has 0 saturated heterocycles. The average Bonchev–Trinajstić information content (AvgIpc) is 3.09. The number of hydrogen-bond donors (Lipinski definition) is 0. The highest BCUT2D eigenvalue weighted by Crippen LogP contribution is 2.34. The van der Waals surface area contributed by atoms with Crippen molar-refractivity contribution in [1.29, 1.82) is 0 Å². The lowest BCUT2D eigenvalue weighted by Gasteiger charge is -2.26. The third-order valence-electron chi connectivity index (χ3n) is 5.16. The molecule has 0 amide bonds. The first-order chi connectivity index (χ1) is 14.5. The van der Waals surface area contributed by atoms with Crippen LogP contribution in [-0.4, -0.2) is 39.5 Å². The van der Waals surface area contributed by atoms with Gasteiger partial charge in [-0.05, 0) is 55.4 Å². The molecule has 0 aliphatic carbocycles. The van der Waals surface area contributed by atoms with Gasteiger partial charge in [0.1, 0.15) is 11.5 Å². The molecule has 0 fully saturated rings. The lowest BCUT2D eigenvalue weighted by atomic mass is 10.1. The number of benzene rings is 1. The highest BCUT2D eigenvalue weighted by atomic mass is 35.5. The number of imidazole rings is 1. The minimum absolute atomic E-state index is 0.585. The Hall–Kier alpha value is -1.43. The maximum atomic E-state index is 6.50. The van der Waals surface area contributed by atoms with E-state index in [1.807, 2.05) is 36.3 Å². The summed E-state index contributed by atoms with van der Waals surface area (Å²) < 4.78 is 2.19. The number of anilines is 1. The highest BCUT2D eigenvalue weighted by Gasteiger charge is 2.21. The van der Waals surface area contributed by atoms with Gasteiger partial charge in [0.15, 0.2) is 5.65 Å². The number of aryl methyl sites for hydroxylation is 1. The maximum Gasteiger partial charge on any atom is 0.165 e. The molecule has 162 valence electrons. The van der Waals surface area contributed by atoms with Gasteiger partial charge in [-0.25, -0.2) is 4.98 Å². The van der Waals surface area contributed by atoms with E-state index in [1.54, 1.807) is 6.07 Å². The molecule has 0 unspecified atom stereocenters. The summed E-state index contributed by atoms with van der Waals surface area (Å²) in [5, 5.41) is 1.20. The van der Waals surface area contributed by atoms with Gasteiger partial charge in [-0.3, -0.25) is 9.38 Å². The molecule has 0 radical (unpaired) electrons. The number of halogens is 2. The molecule has 0 atom stereocenters. The largest absolute Gasteiger partial charge is 0.356 e. The molecule has 0 saturated carbocycles. The number of aromatic nitrogens is 3. The van der Waals surface area contributed by atoms with Gasteiger partial charge in [0.25, 0.3) is 0 Å². The van der Waals surface area contributed by atoms with E-state index in [2.05, 4.69) is 41.3 Å². The van der Waals surface area contributed by atoms with E-state index in [-0.39, 0.29) is 0 Å². The lowest BCUT2D eigenvalue weighted by Crippen LogP contribution is -2.29. The number of fused-ring (bicyclic) bond motifs is 1. The van der Waals surface area contributed by atoms with E-state index in [0.29, 0.717) is 16.0 Å². The van der Waals surface area contributed by atoms with E-state index >= 15 is 0 Å². The lowest BCUT2D eigenvalue weighted by molar-refractivity contribution is 0.567. The van der Waals surface area contributed by atoms with Crippen molar-refractivity contribution < 1.29 is 0 Å². The van der Waals surface area contributed by atoms with Crippen molar-refractivity contribution in [3.8, 4) is 11.3 Å². The van der Waals surface area contributed by atoms with Crippen LogP contribution in [0, 0.1) is 5.92 Å². The van der Waals surface area contributed by atoms with Gasteiger partial charge in [0.05, 0.1) is 10.7 Å². The van der Waals surface area contributed by atoms with Gasteiger partial charge in [-0.1, -0.05) is 44.0 Å². The summed E-state index contributed by atoms with van der Waals surface area (Å²) in [4.78, 5) is 12.1. The molecule has 0 aliphatic heterocycles. The Bertz CT molecular complexity index is 987. The molecule has 7 heteroatoms. The van der Waals surface area contributed by atoms with Crippen LogP contribution in [0.15, 0.2) is 30.6 Å². The summed E-state index contributed by atoms with van der Waals surface area (Å²) in [5.41, 5.74) is 3.57. The number of hydrogen-bond acceptors (Lipinski definition) is 4. The van der Waals surface area contributed by atoms with Crippen LogP contribution in [0.2, 0.25) is 10.0 Å². The highest BCUT2D eigenvalue weighted by molar-refractivity contribution is 7.98. The molecule has 0 N–H and O–H groups in total. The third kappa shape index (κ3) is 5.24. The van der Waals surface area contributed by atoms with Crippen LogP contribution < -0.4 is 4.90 Å². The van der Waals surface area contributed by atoms with E-state index in [4.69, 9.17) is 28.2 Å². The predicted octanol–water partition coefficient (Wildman–Crippen LogP) is 6.87. The number of thioether (sulfide) groups is 1. The average molecular weight is 465 g/mol. The minimum Gasteiger partial charge on any atom is -0.356 e. The van der Waals surface area contributed by atoms with Gasteiger partial charge >= 0.3 is 0 Å². The smallest absolute Gasteiger partial charge is 0.165 e. The summed E-state index contributed by atoms with van der Waals surface area (Å²) >= 11 is 14.5. The SMILES string of the molecule is CCc1nc2c(-c3ccc(Cl)cc3Cl)nccn2c1N(CCCSC)CCC(C)C. The summed E-state index contributed by atoms with van der Waals surface area (Å²) in [6.07, 6.45) is 9.18. The fourth-order valence-electron chi connectivity index (χ4n) is 3.59. The Morgan fingerprint density at radius 3 is 2.67 bits per heavy atom. The second kappa shape index (κ2) is 10.7. The molecule has 0 spiro atoms. The molecule has 0 bridgehead atoms. The molecule has 2 heterocycles. The molecule has 3 aromatic rings. The number of nitrogens with zero attached hydrogens (tertiary/aromatic N) is 4. The van der Waals surface area contributed by atoms with Gasteiger partial charge in [-0.15, -0.1) is 0 Å². The molecular formula is C23H30Cl2N4S. The van der Waals surface area contributed by atoms with Crippen LogP contribution in [0.5, 0.6) is 0 Å². The van der Waals surface area contributed by atoms with Crippen molar-refractivity contribution in [3.63, 3.8) is 0 Å². The van der Waals surface area contributed by atoms with Crippen LogP contribution in [0.4, 0.5) is 5.82 Å². The summed E-state index contributed by atoms with van der Waals surface area (Å²) in [6.45, 7) is 8.76. The van der Waals surface area contributed by atoms with E-state index in [9.17, 15) is 0 Å². The monoisotopic (exact) mass is 464 g/mol. The molecule has 0 aliphatic rings. The Morgan fingerprint density at radius 2 is 2.00 bits per heavy atom. The van der Waals surface area contributed by atoms with Gasteiger partial charge in [-0.2, -0.15) is 11.8 Å². The van der Waals surface area contributed by atoms with Crippen molar-refractivity contribution in [2.45, 2.75) is 40.0 Å². The van der Waals surface area contributed by atoms with Crippen LogP contribution >= 0.6 is 35.0 Å². The standard InChI is InChI=1S/C23H30Cl2N4S/c1-5-20-23(28(11-6-14-30-4)12-9-16(2)3)29-13-10-26-21(22(29)27-20)18-8-7-17(24)15-19(18)25/h7-8,10,13,15-16H,5-6,9,11-12,14H2,1-4H3. The quantitative estimate of drug-likeness (QED) is 0.306. The van der Waals surface area contributed by atoms with Crippen LogP contribution in [0.1, 0.15) is 39.3 Å². The van der Waals surface area contributed by atoms with Crippen molar-refractivity contribution >= 4 is 46.4 Å². The predicted molar refractivity (Wildman–Crippen MR) is 132 cm³/mol. The van der Waals surface area contributed by atoms with Crippen LogP contribution in [0.3, 0.4) is 0 Å². The molecule has 30 heavy (non-hydrogen) atoms. The zero-order chi connectivity index (χ0) is 21.7. The first-order valence-electron chi connectivity index (χ1n) is 10.5. The second-order valence-corrected chi connectivity index (χ2v) is 9.67. The van der Waals surface area contributed by atoms with Crippen molar-refractivity contribution in [1.82, 2.24) is 14.4 Å². The Labute approximate surface area is 194 Å². The third-order valence-corrected chi connectivity index (χ3v) is 6.40. The molecule has 4 nitrogen and oxygen atoms in total. The molecular weight excluding hydrogens is 435 g/mol. The van der Waals surface area contributed by atoms with Crippen molar-refractivity contribution in [3.05, 3.63) is 46.3 Å². The van der Waals surface area contributed by atoms with Gasteiger partial charge in [0.2, 0.25) is 0 Å². The molecule has 2 aromatic heterocycles. The van der Waals surface area contributed by atoms with Crippen LogP contribution in [0.25, 0.3) is 16.9 Å². The summed E-state index contributed by atoms with van der Waals surface area (Å²) in [5.74, 6) is 2.99. The maximum absolute atomic E-state index is 6.50. The van der Waals surface area contributed by atoms with Crippen molar-refractivity contribution in [2.24, 2.45) is 5.92 Å². The van der Waals surface area contributed by atoms with E-state index in [1.165, 1.54) is 5.82 Å². The Balaban J connectivity index is 2.11. The van der Waals surface area contributed by atoms with E-state index in [0.717, 1.165) is 60.7 Å². The first kappa shape index (κ1) is 23.2. The second-order valence-electron chi connectivity index (χ2n) is 7.85. The molecule has 1 aromatic carbocycles. The Morgan fingerprint density at radius 1 is 1.20 bits per heavy atom. The zero-order valence-corrected chi connectivity index (χ0v) is 20.5. The fraction of sp³-hybridized carbons (Fsp3) is 0.478. The summed E-state index contributed by atoms with van der Waals surface area (Å²) in [6, 6.07) is 5.52. The zero-order valence-electron chi connectivity index (χ0n) is 18.2. The van der Waals surface area contributed by atoms with Crippen LogP contribution in [-0.2, 0) is 6.42 Å². The normalized spacial score (nSPS) is 11.6. The van der Waals surface area contributed by atoms with E-state index < -0.39 is 0 Å². The van der Waals surface area contributed by atoms with Gasteiger partial charge < -0.3 is 4.90 Å². The summed E-state index contributed by atoms with van der Waals surface area (Å²) in [7, 11) is 0. The number of rotatable bonds is 10. The topological polar surface area (TPSA) is 33.4 Å². The van der Waals surface area contributed by atoms with Gasteiger partial charge in [0, 0.05) is 36.1 Å². The first-order valence-corrected chi connectivity index (χ1v) is 12.7. The fourth-order valence-corrected chi connectivity index (χ4v) is 4.51. The Kier molecular flexibility index (Phi) is 8.32.